The first kappa shape index (κ1) is 9.95. The van der Waals surface area contributed by atoms with Crippen LogP contribution >= 0.6 is 0 Å². The molecule has 0 aliphatic rings. The second-order valence-corrected chi connectivity index (χ2v) is 1.96. The van der Waals surface area contributed by atoms with Crippen molar-refractivity contribution in [2.45, 2.75) is 0 Å². The summed E-state index contributed by atoms with van der Waals surface area (Å²) in [4.78, 5) is 0. The number of nitriles is 3. The summed E-state index contributed by atoms with van der Waals surface area (Å²) in [6.07, 6.45) is 1.31. The smallest absolute Gasteiger partial charge is 0.136 e. The number of allylic oxidation sites excluding steroid dienone is 2. The third-order valence-corrected chi connectivity index (χ3v) is 1.27. The predicted octanol–water partition coefficient (Wildman–Crippen LogP) is 1.49. The lowest BCUT2D eigenvalue weighted by molar-refractivity contribution is 0.924. The van der Waals surface area contributed by atoms with Crippen LogP contribution < -0.4 is 0 Å². The zero-order valence-electron chi connectivity index (χ0n) is 6.41. The minimum Gasteiger partial charge on any atom is -0.198 e. The summed E-state index contributed by atoms with van der Waals surface area (Å²) >= 11 is 0. The molecule has 3 nitrogen and oxygen atoms in total. The Labute approximate surface area is 71.5 Å². The third kappa shape index (κ3) is 1.97. The van der Waals surface area contributed by atoms with Gasteiger partial charge in [-0.2, -0.15) is 15.8 Å². The lowest BCUT2D eigenvalue weighted by Crippen LogP contribution is -2.07. The van der Waals surface area contributed by atoms with Gasteiger partial charge in [-0.15, -0.1) is 6.58 Å². The average molecular weight is 156 g/mol. The molecule has 57 valence electrons. The van der Waals surface area contributed by atoms with Crippen molar-refractivity contribution in [2.75, 3.05) is 0 Å². The largest absolute Gasteiger partial charge is 0.198 e. The highest BCUT2D eigenvalue weighted by Gasteiger charge is 2.22. The first-order chi connectivity index (χ1) is 5.71. The fraction of sp³-hybridized carbons (Fsp3) is 0.111. The van der Waals surface area contributed by atoms with Crippen LogP contribution in [0.3, 0.4) is 0 Å². The third-order valence-electron chi connectivity index (χ3n) is 1.27. The van der Waals surface area contributed by atoms with Crippen molar-refractivity contribution in [3.8, 4) is 18.2 Å². The fourth-order valence-electron chi connectivity index (χ4n) is 0.620. The van der Waals surface area contributed by atoms with Crippen molar-refractivity contribution in [3.63, 3.8) is 0 Å². The molecule has 0 heterocycles. The van der Waals surface area contributed by atoms with Gasteiger partial charge < -0.3 is 0 Å². The van der Waals surface area contributed by atoms with Crippen LogP contribution in [-0.4, -0.2) is 0 Å². The summed E-state index contributed by atoms with van der Waals surface area (Å²) in [5.41, 5.74) is 0.0175. The molecule has 0 bridgehead atoms. The van der Waals surface area contributed by atoms with Gasteiger partial charge in [0.15, 0.2) is 0 Å². The molecule has 3 heteroatoms. The minimum atomic E-state index is -0.734. The lowest BCUT2D eigenvalue weighted by atomic mass is 9.89. The van der Waals surface area contributed by atoms with Crippen LogP contribution in [0.5, 0.6) is 0 Å². The Bertz CT molecular complexity index is 308. The summed E-state index contributed by atoms with van der Waals surface area (Å²) in [7, 11) is 0. The van der Waals surface area contributed by atoms with Crippen LogP contribution in [-0.2, 0) is 0 Å². The first-order valence-corrected chi connectivity index (χ1v) is 3.09. The van der Waals surface area contributed by atoms with E-state index in [2.05, 4.69) is 13.2 Å². The zero-order valence-corrected chi connectivity index (χ0v) is 6.41. The van der Waals surface area contributed by atoms with Gasteiger partial charge in [-0.1, -0.05) is 12.7 Å². The molecule has 0 aromatic carbocycles. The Morgan fingerprint density at radius 3 is 2.08 bits per heavy atom. The number of nitrogens with zero attached hydrogens (tertiary/aromatic N) is 3. The van der Waals surface area contributed by atoms with Gasteiger partial charge in [-0.05, 0) is 0 Å². The Hall–Kier alpha value is -2.05. The Morgan fingerprint density at radius 2 is 1.83 bits per heavy atom. The van der Waals surface area contributed by atoms with Crippen LogP contribution in [0.15, 0.2) is 24.8 Å². The molecule has 12 heavy (non-hydrogen) atoms. The quantitative estimate of drug-likeness (QED) is 0.459. The average Bonchev–Trinajstić information content (AvgIpc) is 2.12. The molecule has 0 spiro atoms. The maximum atomic E-state index is 8.56. The summed E-state index contributed by atoms with van der Waals surface area (Å²) in [6, 6.07) is 5.30. The van der Waals surface area contributed by atoms with Crippen molar-refractivity contribution < 1.29 is 0 Å². The molecule has 0 aromatic rings. The molecule has 0 amide bonds. The number of hydrogen-bond donors (Lipinski definition) is 0. The van der Waals surface area contributed by atoms with Gasteiger partial charge in [-0.3, -0.25) is 0 Å². The summed E-state index contributed by atoms with van der Waals surface area (Å²) in [5.74, 6) is -0.669. The molecule has 0 aliphatic heterocycles. The standard InChI is InChI=1S/C9H6N3/c1-3-8(5-11)9(6-12)7(2)4-10/h3,8H,1-2H2. The van der Waals surface area contributed by atoms with Crippen LogP contribution in [0.1, 0.15) is 0 Å². The van der Waals surface area contributed by atoms with E-state index in [-0.39, 0.29) is 11.5 Å². The normalized spacial score (nSPS) is 10.5. The number of rotatable bonds is 3. The van der Waals surface area contributed by atoms with Gasteiger partial charge in [0, 0.05) is 5.57 Å². The molecule has 0 aromatic heterocycles. The van der Waals surface area contributed by atoms with E-state index in [9.17, 15) is 0 Å². The Morgan fingerprint density at radius 1 is 1.25 bits per heavy atom. The molecule has 0 saturated heterocycles. The van der Waals surface area contributed by atoms with Crippen molar-refractivity contribution in [1.29, 1.82) is 15.8 Å². The van der Waals surface area contributed by atoms with E-state index in [1.807, 2.05) is 6.07 Å². The second kappa shape index (κ2) is 4.72. The van der Waals surface area contributed by atoms with E-state index in [4.69, 9.17) is 15.8 Å². The van der Waals surface area contributed by atoms with Crippen LogP contribution in [0, 0.1) is 45.8 Å². The molecular weight excluding hydrogens is 150 g/mol. The van der Waals surface area contributed by atoms with E-state index < -0.39 is 5.92 Å². The van der Waals surface area contributed by atoms with Gasteiger partial charge in [0.2, 0.25) is 0 Å². The molecule has 0 rings (SSSR count). The fourth-order valence-corrected chi connectivity index (χ4v) is 0.620. The highest BCUT2D eigenvalue weighted by Crippen LogP contribution is 2.20. The second-order valence-electron chi connectivity index (χ2n) is 1.96. The molecule has 0 N–H and O–H groups in total. The molecule has 1 unspecified atom stereocenters. The van der Waals surface area contributed by atoms with E-state index in [1.54, 1.807) is 12.1 Å². The van der Waals surface area contributed by atoms with Crippen LogP contribution in [0.2, 0.25) is 0 Å². The maximum Gasteiger partial charge on any atom is 0.136 e. The highest BCUT2D eigenvalue weighted by atomic mass is 14.4. The summed E-state index contributed by atoms with van der Waals surface area (Å²) in [6.45, 7) is 6.71. The molecule has 0 fully saturated rings. The SMILES string of the molecule is C=CC(C#N)[C](C#N)C(=C)C#N. The zero-order chi connectivity index (χ0) is 9.56. The van der Waals surface area contributed by atoms with E-state index in [1.165, 1.54) is 6.08 Å². The van der Waals surface area contributed by atoms with Crippen molar-refractivity contribution in [1.82, 2.24) is 0 Å². The van der Waals surface area contributed by atoms with Crippen molar-refractivity contribution >= 4 is 0 Å². The topological polar surface area (TPSA) is 71.4 Å². The number of hydrogen-bond acceptors (Lipinski definition) is 3. The lowest BCUT2D eigenvalue weighted by Gasteiger charge is -2.06. The summed E-state index contributed by atoms with van der Waals surface area (Å²) in [5, 5.41) is 25.5. The molecule has 0 saturated carbocycles. The molecule has 1 atom stereocenters. The van der Waals surface area contributed by atoms with Gasteiger partial charge >= 0.3 is 0 Å². The monoisotopic (exact) mass is 156 g/mol. The van der Waals surface area contributed by atoms with Gasteiger partial charge in [0.25, 0.3) is 0 Å². The highest BCUT2D eigenvalue weighted by molar-refractivity contribution is 5.47. The predicted molar refractivity (Wildman–Crippen MR) is 42.9 cm³/mol. The van der Waals surface area contributed by atoms with E-state index in [0.717, 1.165) is 0 Å². The Balaban J connectivity index is 4.73. The minimum absolute atomic E-state index is 0.0175. The summed E-state index contributed by atoms with van der Waals surface area (Å²) < 4.78 is 0. The Kier molecular flexibility index (Phi) is 3.91. The van der Waals surface area contributed by atoms with E-state index >= 15 is 0 Å². The maximum absolute atomic E-state index is 8.56. The van der Waals surface area contributed by atoms with Gasteiger partial charge in [-0.25, -0.2) is 0 Å². The van der Waals surface area contributed by atoms with Crippen molar-refractivity contribution in [3.05, 3.63) is 30.7 Å². The molecule has 0 aliphatic carbocycles. The van der Waals surface area contributed by atoms with Gasteiger partial charge in [0.05, 0.1) is 24.1 Å². The van der Waals surface area contributed by atoms with Crippen molar-refractivity contribution in [2.24, 2.45) is 5.92 Å². The molecule has 1 radical (unpaired) electrons. The molecular formula is C9H6N3. The van der Waals surface area contributed by atoms with Gasteiger partial charge in [0.1, 0.15) is 5.92 Å². The first-order valence-electron chi connectivity index (χ1n) is 3.09. The van der Waals surface area contributed by atoms with Crippen LogP contribution in [0.25, 0.3) is 0 Å². The van der Waals surface area contributed by atoms with Crippen LogP contribution in [0.4, 0.5) is 0 Å². The van der Waals surface area contributed by atoms with E-state index in [0.29, 0.717) is 0 Å².